The minimum atomic E-state index is 1.25. The monoisotopic (exact) mass is 100 g/mol. The predicted octanol–water partition coefficient (Wildman–Crippen LogP) is 0.356. The number of rotatable bonds is 1. The molecule has 32 valence electrons. The van der Waals surface area contributed by atoms with Crippen LogP contribution in [0.2, 0.25) is 0 Å². The van der Waals surface area contributed by atoms with Crippen LogP contribution in [-0.2, 0) is 0 Å². The van der Waals surface area contributed by atoms with E-state index < -0.39 is 0 Å². The number of thiocarbonyl (C=S) groups is 1. The minimum Gasteiger partial charge on any atom is -0.279 e. The largest absolute Gasteiger partial charge is 0.279 e. The van der Waals surface area contributed by atoms with Crippen molar-refractivity contribution in [3.8, 4) is 6.19 Å². The molecule has 2 nitrogen and oxygen atoms in total. The average molecular weight is 100 g/mol. The van der Waals surface area contributed by atoms with Crippen LogP contribution in [-0.4, -0.2) is 17.4 Å². The first-order valence-corrected chi connectivity index (χ1v) is 1.86. The molecule has 0 rings (SSSR count). The quantitative estimate of drug-likeness (QED) is 0.270. The van der Waals surface area contributed by atoms with Gasteiger partial charge in [-0.25, -0.2) is 0 Å². The van der Waals surface area contributed by atoms with Crippen LogP contribution >= 0.6 is 12.2 Å². The molecule has 0 unspecified atom stereocenters. The smallest absolute Gasteiger partial charge is 0.184 e. The van der Waals surface area contributed by atoms with Gasteiger partial charge in [0.05, 0.1) is 5.49 Å². The Balaban J connectivity index is 3.30. The molecule has 0 fully saturated rings. The molecule has 0 aromatic carbocycles. The molecule has 0 radical (unpaired) electrons. The van der Waals surface area contributed by atoms with Crippen LogP contribution in [0.15, 0.2) is 0 Å². The highest BCUT2D eigenvalue weighted by molar-refractivity contribution is 7.78. The lowest BCUT2D eigenvalue weighted by molar-refractivity contribution is 0.746. The third kappa shape index (κ3) is 1.68. The van der Waals surface area contributed by atoms with Crippen molar-refractivity contribution >= 4 is 17.7 Å². The second-order valence-corrected chi connectivity index (χ2v) is 1.03. The molecule has 0 aliphatic rings. The van der Waals surface area contributed by atoms with E-state index in [0.29, 0.717) is 0 Å². The highest BCUT2D eigenvalue weighted by Crippen LogP contribution is 1.64. The molecule has 0 bridgehead atoms. The van der Waals surface area contributed by atoms with Gasteiger partial charge in [-0.2, -0.15) is 5.26 Å². The Labute approximate surface area is 42.0 Å². The van der Waals surface area contributed by atoms with E-state index >= 15 is 0 Å². The van der Waals surface area contributed by atoms with Crippen LogP contribution in [0, 0.1) is 11.5 Å². The van der Waals surface area contributed by atoms with Crippen molar-refractivity contribution in [2.75, 3.05) is 7.05 Å². The van der Waals surface area contributed by atoms with E-state index in [2.05, 4.69) is 12.2 Å². The first-order valence-electron chi connectivity index (χ1n) is 1.39. The maximum atomic E-state index is 7.91. The van der Waals surface area contributed by atoms with Gasteiger partial charge in [0, 0.05) is 7.05 Å². The summed E-state index contributed by atoms with van der Waals surface area (Å²) in [6, 6.07) is 0. The van der Waals surface area contributed by atoms with Crippen LogP contribution in [0.3, 0.4) is 0 Å². The first kappa shape index (κ1) is 5.38. The minimum absolute atomic E-state index is 1.25. The van der Waals surface area contributed by atoms with Crippen molar-refractivity contribution in [3.63, 3.8) is 0 Å². The zero-order valence-electron chi connectivity index (χ0n) is 3.38. The van der Waals surface area contributed by atoms with Gasteiger partial charge >= 0.3 is 0 Å². The molecule has 0 aromatic rings. The van der Waals surface area contributed by atoms with Gasteiger partial charge in [0.25, 0.3) is 0 Å². The molecule has 0 saturated heterocycles. The van der Waals surface area contributed by atoms with Crippen LogP contribution in [0.25, 0.3) is 0 Å². The molecule has 6 heavy (non-hydrogen) atoms. The number of hydrogen-bond donors (Lipinski definition) is 0. The van der Waals surface area contributed by atoms with E-state index in [-0.39, 0.29) is 0 Å². The summed E-state index contributed by atoms with van der Waals surface area (Å²) in [6.07, 6.45) is 1.79. The summed E-state index contributed by atoms with van der Waals surface area (Å²) in [6.45, 7) is 0. The normalized spacial score (nSPS) is 6.00. The lowest BCUT2D eigenvalue weighted by Gasteiger charge is -1.91. The Bertz CT molecular complexity index is 83.3. The molecule has 0 N–H and O–H groups in total. The van der Waals surface area contributed by atoms with Crippen molar-refractivity contribution in [1.29, 1.82) is 5.26 Å². The molecule has 0 heterocycles. The molecule has 0 spiro atoms. The van der Waals surface area contributed by atoms with Gasteiger partial charge < -0.3 is 0 Å². The number of nitrogens with zero attached hydrogens (tertiary/aromatic N) is 2. The highest BCUT2D eigenvalue weighted by atomic mass is 32.1. The Kier molecular flexibility index (Phi) is 2.34. The second-order valence-electron chi connectivity index (χ2n) is 0.816. The van der Waals surface area contributed by atoms with Crippen molar-refractivity contribution in [2.45, 2.75) is 0 Å². The maximum Gasteiger partial charge on any atom is 0.184 e. The molecule has 0 amide bonds. The van der Waals surface area contributed by atoms with Crippen molar-refractivity contribution in [1.82, 2.24) is 4.90 Å². The highest BCUT2D eigenvalue weighted by Gasteiger charge is 1.75. The Morgan fingerprint density at radius 2 is 2.50 bits per heavy atom. The van der Waals surface area contributed by atoms with Gasteiger partial charge in [-0.3, -0.25) is 4.90 Å². The molecule has 0 atom stereocenters. The zero-order valence-corrected chi connectivity index (χ0v) is 4.20. The van der Waals surface area contributed by atoms with Crippen molar-refractivity contribution in [2.24, 2.45) is 0 Å². The molecule has 0 aliphatic carbocycles. The van der Waals surface area contributed by atoms with E-state index in [1.165, 1.54) is 10.4 Å². The molecular weight excluding hydrogens is 96.1 g/mol. The standard InChI is InChI=1S/C3H4N2S/c1-5(2-4)3-6/h3H,1H3. The molecule has 0 aliphatic heterocycles. The van der Waals surface area contributed by atoms with Gasteiger partial charge in [0.2, 0.25) is 0 Å². The van der Waals surface area contributed by atoms with E-state index in [9.17, 15) is 0 Å². The summed E-state index contributed by atoms with van der Waals surface area (Å²) in [4.78, 5) is 1.25. The predicted molar refractivity (Wildman–Crippen MR) is 27.0 cm³/mol. The van der Waals surface area contributed by atoms with Gasteiger partial charge in [-0.15, -0.1) is 0 Å². The summed E-state index contributed by atoms with van der Waals surface area (Å²) >= 11 is 4.35. The topological polar surface area (TPSA) is 27.0 Å². The van der Waals surface area contributed by atoms with Crippen molar-refractivity contribution in [3.05, 3.63) is 0 Å². The summed E-state index contributed by atoms with van der Waals surface area (Å²) in [7, 11) is 1.59. The fourth-order valence-corrected chi connectivity index (χ4v) is 0.0707. The fraction of sp³-hybridized carbons (Fsp3) is 0.333. The molecule has 0 saturated carbocycles. The Morgan fingerprint density at radius 3 is 2.50 bits per heavy atom. The first-order chi connectivity index (χ1) is 2.81. The SMILES string of the molecule is CN(C#N)C=S. The van der Waals surface area contributed by atoms with Crippen LogP contribution in [0.1, 0.15) is 0 Å². The van der Waals surface area contributed by atoms with E-state index in [4.69, 9.17) is 5.26 Å². The van der Waals surface area contributed by atoms with Crippen LogP contribution in [0.4, 0.5) is 0 Å². The van der Waals surface area contributed by atoms with Crippen LogP contribution in [0.5, 0.6) is 0 Å². The lowest BCUT2D eigenvalue weighted by atomic mass is 11.0. The summed E-state index contributed by atoms with van der Waals surface area (Å²) in [5.41, 5.74) is 1.28. The average Bonchev–Trinajstić information content (AvgIpc) is 1.65. The lowest BCUT2D eigenvalue weighted by Crippen LogP contribution is -2.03. The fourth-order valence-electron chi connectivity index (χ4n) is 0.0236. The zero-order chi connectivity index (χ0) is 4.99. The van der Waals surface area contributed by atoms with E-state index in [1.54, 1.807) is 13.2 Å². The molecule has 3 heteroatoms. The van der Waals surface area contributed by atoms with Crippen molar-refractivity contribution < 1.29 is 0 Å². The maximum absolute atomic E-state index is 7.91. The summed E-state index contributed by atoms with van der Waals surface area (Å²) < 4.78 is 0. The Morgan fingerprint density at radius 1 is 2.00 bits per heavy atom. The van der Waals surface area contributed by atoms with Gasteiger partial charge in [-0.05, 0) is 0 Å². The van der Waals surface area contributed by atoms with E-state index in [1.807, 2.05) is 0 Å². The number of hydrogen-bond acceptors (Lipinski definition) is 2. The van der Waals surface area contributed by atoms with Crippen LogP contribution < -0.4 is 0 Å². The third-order valence-corrected chi connectivity index (χ3v) is 0.632. The summed E-state index contributed by atoms with van der Waals surface area (Å²) in [5, 5.41) is 7.91. The Hall–Kier alpha value is -0.620. The second kappa shape index (κ2) is 2.61. The summed E-state index contributed by atoms with van der Waals surface area (Å²) in [5.74, 6) is 0. The molecule has 0 aromatic heterocycles. The molecular formula is C3H4N2S. The van der Waals surface area contributed by atoms with Gasteiger partial charge in [-0.1, -0.05) is 12.2 Å². The van der Waals surface area contributed by atoms with Gasteiger partial charge in [0.15, 0.2) is 6.19 Å². The third-order valence-electron chi connectivity index (χ3n) is 0.316. The van der Waals surface area contributed by atoms with Gasteiger partial charge in [0.1, 0.15) is 0 Å². The number of nitriles is 1. The van der Waals surface area contributed by atoms with E-state index in [0.717, 1.165) is 0 Å².